The van der Waals surface area contributed by atoms with Crippen molar-refractivity contribution in [2.75, 3.05) is 12.3 Å². The van der Waals surface area contributed by atoms with Gasteiger partial charge in [-0.1, -0.05) is 17.3 Å². The molecule has 1 fully saturated rings. The number of anilines is 1. The summed E-state index contributed by atoms with van der Waals surface area (Å²) in [4.78, 5) is 4.42. The molecule has 0 amide bonds. The second kappa shape index (κ2) is 4.10. The zero-order valence-electron chi connectivity index (χ0n) is 10.2. The van der Waals surface area contributed by atoms with Gasteiger partial charge < -0.3 is 15.0 Å². The molecule has 2 aromatic rings. The first kappa shape index (κ1) is 11.2. The molecule has 2 heterocycles. The Labute approximate surface area is 105 Å². The van der Waals surface area contributed by atoms with Gasteiger partial charge in [0.2, 0.25) is 5.82 Å². The van der Waals surface area contributed by atoms with Crippen LogP contribution in [0, 0.1) is 0 Å². The molecule has 1 aliphatic rings. The van der Waals surface area contributed by atoms with E-state index in [0.717, 1.165) is 25.0 Å². The maximum atomic E-state index is 5.74. The topological polar surface area (TPSA) is 74.2 Å². The molecule has 3 rings (SSSR count). The third-order valence-corrected chi connectivity index (χ3v) is 3.24. The molecular weight excluding hydrogens is 230 g/mol. The first-order valence-corrected chi connectivity index (χ1v) is 6.01. The van der Waals surface area contributed by atoms with E-state index in [1.807, 2.05) is 31.2 Å². The van der Waals surface area contributed by atoms with Crippen LogP contribution in [0.3, 0.4) is 0 Å². The largest absolute Gasteiger partial charge is 0.399 e. The average molecular weight is 245 g/mol. The maximum Gasteiger partial charge on any atom is 0.258 e. The Balaban J connectivity index is 1.94. The monoisotopic (exact) mass is 245 g/mol. The molecule has 0 saturated carbocycles. The summed E-state index contributed by atoms with van der Waals surface area (Å²) in [5.41, 5.74) is 6.84. The Bertz CT molecular complexity index is 559. The second-order valence-electron chi connectivity index (χ2n) is 4.73. The summed E-state index contributed by atoms with van der Waals surface area (Å²) in [7, 11) is 0. The van der Waals surface area contributed by atoms with Crippen molar-refractivity contribution in [2.45, 2.75) is 25.4 Å². The minimum Gasteiger partial charge on any atom is -0.399 e. The molecule has 2 N–H and O–H groups in total. The molecule has 0 spiro atoms. The third kappa shape index (κ3) is 1.86. The van der Waals surface area contributed by atoms with E-state index in [4.69, 9.17) is 15.0 Å². The fraction of sp³-hybridized carbons (Fsp3) is 0.385. The minimum atomic E-state index is -0.439. The highest BCUT2D eigenvalue weighted by Crippen LogP contribution is 2.35. The van der Waals surface area contributed by atoms with Crippen LogP contribution >= 0.6 is 0 Å². The lowest BCUT2D eigenvalue weighted by molar-refractivity contribution is -0.00937. The molecule has 1 aromatic heterocycles. The van der Waals surface area contributed by atoms with Crippen LogP contribution in [0.4, 0.5) is 5.69 Å². The van der Waals surface area contributed by atoms with Gasteiger partial charge in [-0.25, -0.2) is 0 Å². The Morgan fingerprint density at radius 3 is 3.00 bits per heavy atom. The van der Waals surface area contributed by atoms with E-state index in [1.54, 1.807) is 0 Å². The van der Waals surface area contributed by atoms with Crippen LogP contribution < -0.4 is 5.73 Å². The van der Waals surface area contributed by atoms with Crippen molar-refractivity contribution in [3.63, 3.8) is 0 Å². The Kier molecular flexibility index (Phi) is 2.56. The molecule has 1 atom stereocenters. The standard InChI is InChI=1S/C13H15N3O2/c1-13(6-3-7-17-13)12-15-11(16-18-12)9-4-2-5-10(14)8-9/h2,4-5,8H,3,6-7,14H2,1H3. The highest BCUT2D eigenvalue weighted by atomic mass is 16.5. The predicted octanol–water partition coefficient (Wildman–Crippen LogP) is 2.34. The quantitative estimate of drug-likeness (QED) is 0.822. The van der Waals surface area contributed by atoms with Gasteiger partial charge >= 0.3 is 0 Å². The number of nitrogens with zero attached hydrogens (tertiary/aromatic N) is 2. The predicted molar refractivity (Wildman–Crippen MR) is 66.7 cm³/mol. The van der Waals surface area contributed by atoms with E-state index in [9.17, 15) is 0 Å². The van der Waals surface area contributed by atoms with E-state index in [1.165, 1.54) is 0 Å². The first-order valence-electron chi connectivity index (χ1n) is 6.01. The van der Waals surface area contributed by atoms with Crippen LogP contribution in [-0.4, -0.2) is 16.7 Å². The van der Waals surface area contributed by atoms with Gasteiger partial charge in [0.05, 0.1) is 0 Å². The van der Waals surface area contributed by atoms with Crippen molar-refractivity contribution < 1.29 is 9.26 Å². The van der Waals surface area contributed by atoms with Gasteiger partial charge in [-0.3, -0.25) is 0 Å². The number of nitrogen functional groups attached to an aromatic ring is 1. The maximum absolute atomic E-state index is 5.74. The third-order valence-electron chi connectivity index (χ3n) is 3.24. The highest BCUT2D eigenvalue weighted by molar-refractivity contribution is 5.60. The fourth-order valence-corrected chi connectivity index (χ4v) is 2.18. The van der Waals surface area contributed by atoms with Crippen molar-refractivity contribution in [3.05, 3.63) is 30.2 Å². The van der Waals surface area contributed by atoms with Gasteiger partial charge in [0.1, 0.15) is 5.60 Å². The summed E-state index contributed by atoms with van der Waals surface area (Å²) >= 11 is 0. The van der Waals surface area contributed by atoms with Gasteiger partial charge in [-0.05, 0) is 31.9 Å². The Hall–Kier alpha value is -1.88. The van der Waals surface area contributed by atoms with Crippen LogP contribution in [-0.2, 0) is 10.3 Å². The van der Waals surface area contributed by atoms with E-state index in [0.29, 0.717) is 17.4 Å². The summed E-state index contributed by atoms with van der Waals surface area (Å²) in [5, 5.41) is 4.00. The Morgan fingerprint density at radius 1 is 1.39 bits per heavy atom. The smallest absolute Gasteiger partial charge is 0.258 e. The van der Waals surface area contributed by atoms with Gasteiger partial charge in [-0.15, -0.1) is 0 Å². The second-order valence-corrected chi connectivity index (χ2v) is 4.73. The first-order chi connectivity index (χ1) is 8.67. The van der Waals surface area contributed by atoms with Crippen LogP contribution in [0.5, 0.6) is 0 Å². The summed E-state index contributed by atoms with van der Waals surface area (Å²) in [6.07, 6.45) is 1.93. The zero-order chi connectivity index (χ0) is 12.6. The van der Waals surface area contributed by atoms with Crippen LogP contribution in [0.1, 0.15) is 25.7 Å². The highest BCUT2D eigenvalue weighted by Gasteiger charge is 2.37. The van der Waals surface area contributed by atoms with Crippen LogP contribution in [0.15, 0.2) is 28.8 Å². The van der Waals surface area contributed by atoms with Gasteiger partial charge in [-0.2, -0.15) is 4.98 Å². The number of ether oxygens (including phenoxy) is 1. The van der Waals surface area contributed by atoms with Crippen LogP contribution in [0.2, 0.25) is 0 Å². The minimum absolute atomic E-state index is 0.439. The normalized spacial score (nSPS) is 23.4. The van der Waals surface area contributed by atoms with Crippen molar-refractivity contribution in [1.82, 2.24) is 10.1 Å². The van der Waals surface area contributed by atoms with Crippen LogP contribution in [0.25, 0.3) is 11.4 Å². The molecule has 1 aromatic carbocycles. The number of hydrogen-bond donors (Lipinski definition) is 1. The number of nitrogens with two attached hydrogens (primary N) is 1. The van der Waals surface area contributed by atoms with Gasteiger partial charge in [0.25, 0.3) is 5.89 Å². The molecule has 18 heavy (non-hydrogen) atoms. The van der Waals surface area contributed by atoms with Crippen molar-refractivity contribution >= 4 is 5.69 Å². The van der Waals surface area contributed by atoms with E-state index in [-0.39, 0.29) is 0 Å². The molecule has 1 unspecified atom stereocenters. The van der Waals surface area contributed by atoms with Gasteiger partial charge in [0.15, 0.2) is 0 Å². The SMILES string of the molecule is CC1(c2nc(-c3cccc(N)c3)no2)CCCO1. The summed E-state index contributed by atoms with van der Waals surface area (Å²) in [5.74, 6) is 1.09. The number of aromatic nitrogens is 2. The van der Waals surface area contributed by atoms with Crippen molar-refractivity contribution in [1.29, 1.82) is 0 Å². The number of rotatable bonds is 2. The summed E-state index contributed by atoms with van der Waals surface area (Å²) in [6.45, 7) is 2.73. The molecule has 1 aliphatic heterocycles. The summed E-state index contributed by atoms with van der Waals surface area (Å²) in [6, 6.07) is 7.43. The molecular formula is C13H15N3O2. The summed E-state index contributed by atoms with van der Waals surface area (Å²) < 4.78 is 11.0. The van der Waals surface area contributed by atoms with Gasteiger partial charge in [0, 0.05) is 17.9 Å². The lowest BCUT2D eigenvalue weighted by Crippen LogP contribution is -2.20. The van der Waals surface area contributed by atoms with E-state index < -0.39 is 5.60 Å². The lowest BCUT2D eigenvalue weighted by atomic mass is 10.0. The lowest BCUT2D eigenvalue weighted by Gasteiger charge is -2.16. The molecule has 94 valence electrons. The zero-order valence-corrected chi connectivity index (χ0v) is 10.2. The molecule has 0 bridgehead atoms. The molecule has 5 nitrogen and oxygen atoms in total. The molecule has 0 radical (unpaired) electrons. The van der Waals surface area contributed by atoms with Crippen molar-refractivity contribution in [3.8, 4) is 11.4 Å². The molecule has 5 heteroatoms. The number of benzene rings is 1. The molecule has 1 saturated heterocycles. The Morgan fingerprint density at radius 2 is 2.28 bits per heavy atom. The van der Waals surface area contributed by atoms with E-state index >= 15 is 0 Å². The fourth-order valence-electron chi connectivity index (χ4n) is 2.18. The van der Waals surface area contributed by atoms with E-state index in [2.05, 4.69) is 10.1 Å². The average Bonchev–Trinajstić information content (AvgIpc) is 2.98. The molecule has 0 aliphatic carbocycles. The van der Waals surface area contributed by atoms with Crippen molar-refractivity contribution in [2.24, 2.45) is 0 Å². The number of hydrogen-bond acceptors (Lipinski definition) is 5.